The fourth-order valence-corrected chi connectivity index (χ4v) is 3.18. The van der Waals surface area contributed by atoms with Crippen molar-refractivity contribution in [2.75, 3.05) is 43.0 Å². The molecule has 0 saturated carbocycles. The van der Waals surface area contributed by atoms with E-state index in [9.17, 15) is 4.79 Å². The molecule has 1 aliphatic rings. The molecule has 0 radical (unpaired) electrons. The molecule has 0 atom stereocenters. The molecule has 0 unspecified atom stereocenters. The maximum absolute atomic E-state index is 10.9. The Balaban J connectivity index is 1.82. The number of rotatable bonds is 5. The van der Waals surface area contributed by atoms with Crippen LogP contribution in [0, 0.1) is 6.92 Å². The van der Waals surface area contributed by atoms with Crippen LogP contribution in [0.3, 0.4) is 0 Å². The largest absolute Gasteiger partial charge is 0.478 e. The number of nitrogens with zero attached hydrogens (tertiary/aromatic N) is 1. The molecule has 0 bridgehead atoms. The number of nitrogens with one attached hydrogen (secondary N) is 1. The third kappa shape index (κ3) is 4.14. The van der Waals surface area contributed by atoms with Gasteiger partial charge in [-0.3, -0.25) is 4.90 Å². The van der Waals surface area contributed by atoms with E-state index in [1.165, 1.54) is 24.6 Å². The Bertz CT molecular complexity index is 445. The van der Waals surface area contributed by atoms with Crippen LogP contribution in [0.15, 0.2) is 18.2 Å². The predicted molar refractivity (Wildman–Crippen MR) is 80.4 cm³/mol. The molecule has 1 heterocycles. The summed E-state index contributed by atoms with van der Waals surface area (Å²) in [5.74, 6) is 1.59. The third-order valence-electron chi connectivity index (χ3n) is 3.32. The van der Waals surface area contributed by atoms with Gasteiger partial charge in [0.15, 0.2) is 0 Å². The van der Waals surface area contributed by atoms with Gasteiger partial charge in [0.05, 0.1) is 5.56 Å². The molecule has 1 saturated heterocycles. The number of benzene rings is 1. The number of anilines is 1. The molecule has 0 amide bonds. The van der Waals surface area contributed by atoms with Crippen molar-refractivity contribution in [2.24, 2.45) is 0 Å². The minimum Gasteiger partial charge on any atom is -0.478 e. The van der Waals surface area contributed by atoms with E-state index >= 15 is 0 Å². The predicted octanol–water partition coefficient (Wildman–Crippen LogP) is 2.15. The number of aryl methyl sites for hydroxylation is 1. The number of hydrogen-bond donors (Lipinski definition) is 2. The standard InChI is InChI=1S/C14H20N2O2S/c1-11-10-12(2-3-13(11)14(17)18)15-4-5-16-6-8-19-9-7-16/h2-3,10,15H,4-9H2,1H3,(H,17,18). The minimum atomic E-state index is -0.866. The van der Waals surface area contributed by atoms with Crippen molar-refractivity contribution in [1.29, 1.82) is 0 Å². The van der Waals surface area contributed by atoms with Crippen LogP contribution >= 0.6 is 11.8 Å². The van der Waals surface area contributed by atoms with Gasteiger partial charge < -0.3 is 10.4 Å². The first-order valence-corrected chi connectivity index (χ1v) is 7.70. The number of carbonyl (C=O) groups is 1. The fraction of sp³-hybridized carbons (Fsp3) is 0.500. The normalized spacial score (nSPS) is 16.3. The summed E-state index contributed by atoms with van der Waals surface area (Å²) in [6.07, 6.45) is 0. The summed E-state index contributed by atoms with van der Waals surface area (Å²) >= 11 is 2.02. The molecule has 2 N–H and O–H groups in total. The van der Waals surface area contributed by atoms with Crippen molar-refractivity contribution in [2.45, 2.75) is 6.92 Å². The zero-order chi connectivity index (χ0) is 13.7. The van der Waals surface area contributed by atoms with E-state index in [1.54, 1.807) is 6.07 Å². The van der Waals surface area contributed by atoms with Crippen molar-refractivity contribution >= 4 is 23.4 Å². The second-order valence-electron chi connectivity index (χ2n) is 4.72. The number of aromatic carboxylic acids is 1. The van der Waals surface area contributed by atoms with E-state index in [4.69, 9.17) is 5.11 Å². The highest BCUT2D eigenvalue weighted by molar-refractivity contribution is 7.99. The number of carboxylic acid groups (broad SMARTS) is 1. The van der Waals surface area contributed by atoms with Crippen molar-refractivity contribution in [1.82, 2.24) is 4.90 Å². The second kappa shape index (κ2) is 6.82. The molecule has 4 nitrogen and oxygen atoms in total. The van der Waals surface area contributed by atoms with Gasteiger partial charge in [0.1, 0.15) is 0 Å². The van der Waals surface area contributed by atoms with Crippen LogP contribution in [0.2, 0.25) is 0 Å². The zero-order valence-corrected chi connectivity index (χ0v) is 12.0. The van der Waals surface area contributed by atoms with E-state index < -0.39 is 5.97 Å². The highest BCUT2D eigenvalue weighted by Gasteiger charge is 2.10. The zero-order valence-electron chi connectivity index (χ0n) is 11.2. The van der Waals surface area contributed by atoms with Gasteiger partial charge >= 0.3 is 5.97 Å². The third-order valence-corrected chi connectivity index (χ3v) is 4.26. The lowest BCUT2D eigenvalue weighted by molar-refractivity contribution is 0.0696. The number of carboxylic acids is 1. The molecule has 2 rings (SSSR count). The lowest BCUT2D eigenvalue weighted by Crippen LogP contribution is -2.36. The van der Waals surface area contributed by atoms with E-state index in [2.05, 4.69) is 10.2 Å². The molecule has 0 aliphatic carbocycles. The van der Waals surface area contributed by atoms with E-state index in [-0.39, 0.29) is 0 Å². The van der Waals surface area contributed by atoms with Crippen molar-refractivity contribution < 1.29 is 9.90 Å². The Hall–Kier alpha value is -1.20. The van der Waals surface area contributed by atoms with Crippen LogP contribution in [0.1, 0.15) is 15.9 Å². The summed E-state index contributed by atoms with van der Waals surface area (Å²) in [6, 6.07) is 5.40. The van der Waals surface area contributed by atoms with Gasteiger partial charge in [0.2, 0.25) is 0 Å². The van der Waals surface area contributed by atoms with Crippen LogP contribution in [-0.4, -0.2) is 53.7 Å². The monoisotopic (exact) mass is 280 g/mol. The van der Waals surface area contributed by atoms with Gasteiger partial charge in [0, 0.05) is 43.4 Å². The van der Waals surface area contributed by atoms with Gasteiger partial charge in [-0.15, -0.1) is 0 Å². The molecular formula is C14H20N2O2S. The Morgan fingerprint density at radius 3 is 2.79 bits per heavy atom. The minimum absolute atomic E-state index is 0.374. The first kappa shape index (κ1) is 14.2. The smallest absolute Gasteiger partial charge is 0.335 e. The summed E-state index contributed by atoms with van der Waals surface area (Å²) in [7, 11) is 0. The van der Waals surface area contributed by atoms with Crippen LogP contribution in [0.4, 0.5) is 5.69 Å². The second-order valence-corrected chi connectivity index (χ2v) is 5.94. The fourth-order valence-electron chi connectivity index (χ4n) is 2.20. The van der Waals surface area contributed by atoms with Gasteiger partial charge in [-0.05, 0) is 30.7 Å². The molecule has 19 heavy (non-hydrogen) atoms. The van der Waals surface area contributed by atoms with Crippen LogP contribution in [0.5, 0.6) is 0 Å². The van der Waals surface area contributed by atoms with E-state index in [0.717, 1.165) is 24.3 Å². The quantitative estimate of drug-likeness (QED) is 0.865. The van der Waals surface area contributed by atoms with Crippen molar-refractivity contribution in [3.05, 3.63) is 29.3 Å². The highest BCUT2D eigenvalue weighted by atomic mass is 32.2. The topological polar surface area (TPSA) is 52.6 Å². The van der Waals surface area contributed by atoms with E-state index in [1.807, 2.05) is 30.8 Å². The summed E-state index contributed by atoms with van der Waals surface area (Å²) in [6.45, 7) is 6.11. The number of thioether (sulfide) groups is 1. The summed E-state index contributed by atoms with van der Waals surface area (Å²) in [5, 5.41) is 12.3. The summed E-state index contributed by atoms with van der Waals surface area (Å²) in [5.41, 5.74) is 2.17. The number of hydrogen-bond acceptors (Lipinski definition) is 4. The van der Waals surface area contributed by atoms with Crippen molar-refractivity contribution in [3.63, 3.8) is 0 Å². The first-order valence-electron chi connectivity index (χ1n) is 6.55. The van der Waals surface area contributed by atoms with Gasteiger partial charge in [0.25, 0.3) is 0 Å². The average molecular weight is 280 g/mol. The molecule has 1 aromatic carbocycles. The van der Waals surface area contributed by atoms with Crippen LogP contribution in [0.25, 0.3) is 0 Å². The van der Waals surface area contributed by atoms with Gasteiger partial charge in [-0.1, -0.05) is 0 Å². The maximum atomic E-state index is 10.9. The van der Waals surface area contributed by atoms with Crippen LogP contribution < -0.4 is 5.32 Å². The van der Waals surface area contributed by atoms with E-state index in [0.29, 0.717) is 5.56 Å². The lowest BCUT2D eigenvalue weighted by Gasteiger charge is -2.26. The SMILES string of the molecule is Cc1cc(NCCN2CCSCC2)ccc1C(=O)O. The summed E-state index contributed by atoms with van der Waals surface area (Å²) in [4.78, 5) is 13.4. The molecule has 104 valence electrons. The Kier molecular flexibility index (Phi) is 5.10. The maximum Gasteiger partial charge on any atom is 0.335 e. The van der Waals surface area contributed by atoms with Crippen LogP contribution in [-0.2, 0) is 0 Å². The average Bonchev–Trinajstić information content (AvgIpc) is 2.39. The molecule has 1 aliphatic heterocycles. The molecular weight excluding hydrogens is 260 g/mol. The van der Waals surface area contributed by atoms with Crippen molar-refractivity contribution in [3.8, 4) is 0 Å². The highest BCUT2D eigenvalue weighted by Crippen LogP contribution is 2.15. The van der Waals surface area contributed by atoms with Gasteiger partial charge in [-0.2, -0.15) is 11.8 Å². The Morgan fingerprint density at radius 1 is 1.42 bits per heavy atom. The lowest BCUT2D eigenvalue weighted by atomic mass is 10.1. The van der Waals surface area contributed by atoms with Gasteiger partial charge in [-0.25, -0.2) is 4.79 Å². The molecule has 0 aromatic heterocycles. The molecule has 5 heteroatoms. The Labute approximate surface area is 118 Å². The molecule has 0 spiro atoms. The molecule has 1 fully saturated rings. The molecule has 1 aromatic rings. The Morgan fingerprint density at radius 2 is 2.16 bits per heavy atom. The summed E-state index contributed by atoms with van der Waals surface area (Å²) < 4.78 is 0. The first-order chi connectivity index (χ1) is 9.16.